The summed E-state index contributed by atoms with van der Waals surface area (Å²) in [4.78, 5) is 8.46. The first-order valence-corrected chi connectivity index (χ1v) is 6.62. The lowest BCUT2D eigenvalue weighted by molar-refractivity contribution is 1.25. The minimum atomic E-state index is 0.576. The maximum absolute atomic E-state index is 9.18. The van der Waals surface area contributed by atoms with Crippen LogP contribution >= 0.6 is 11.3 Å². The molecule has 3 aromatic rings. The van der Waals surface area contributed by atoms with Crippen LogP contribution in [0.3, 0.4) is 0 Å². The van der Waals surface area contributed by atoms with Crippen molar-refractivity contribution in [2.75, 3.05) is 5.32 Å². The van der Waals surface area contributed by atoms with Gasteiger partial charge in [-0.2, -0.15) is 5.26 Å². The average Bonchev–Trinajstić information content (AvgIpc) is 2.86. The van der Waals surface area contributed by atoms with Crippen LogP contribution in [0.5, 0.6) is 0 Å². The van der Waals surface area contributed by atoms with Crippen LogP contribution in [0.1, 0.15) is 11.1 Å². The van der Waals surface area contributed by atoms with E-state index in [2.05, 4.69) is 21.4 Å². The molecule has 0 aliphatic heterocycles. The van der Waals surface area contributed by atoms with E-state index in [1.165, 1.54) is 0 Å². The summed E-state index contributed by atoms with van der Waals surface area (Å²) in [5.74, 6) is 0.589. The van der Waals surface area contributed by atoms with Gasteiger partial charge in [-0.1, -0.05) is 0 Å². The highest BCUT2D eigenvalue weighted by Gasteiger charge is 2.07. The molecule has 0 aliphatic rings. The third-order valence-electron chi connectivity index (χ3n) is 2.87. The summed E-state index contributed by atoms with van der Waals surface area (Å²) in [7, 11) is 0. The Labute approximate surface area is 114 Å². The Morgan fingerprint density at radius 2 is 2.16 bits per heavy atom. The predicted molar refractivity (Wildman–Crippen MR) is 76.6 cm³/mol. The molecule has 0 spiro atoms. The molecule has 19 heavy (non-hydrogen) atoms. The molecule has 1 aromatic carbocycles. The molecule has 3 rings (SSSR count). The Morgan fingerprint density at radius 1 is 1.26 bits per heavy atom. The zero-order valence-corrected chi connectivity index (χ0v) is 11.0. The molecule has 0 fully saturated rings. The number of anilines is 2. The van der Waals surface area contributed by atoms with E-state index in [4.69, 9.17) is 0 Å². The summed E-state index contributed by atoms with van der Waals surface area (Å²) in [6.07, 6.45) is 1.70. The number of fused-ring (bicyclic) bond motifs is 1. The molecule has 0 amide bonds. The number of pyridine rings is 1. The van der Waals surface area contributed by atoms with Gasteiger partial charge < -0.3 is 5.32 Å². The number of nitrogens with one attached hydrogen (secondary N) is 1. The first-order valence-electron chi connectivity index (χ1n) is 5.74. The van der Waals surface area contributed by atoms with Crippen molar-refractivity contribution in [3.63, 3.8) is 0 Å². The maximum Gasteiger partial charge on any atom is 0.148 e. The van der Waals surface area contributed by atoms with Gasteiger partial charge in [-0.3, -0.25) is 0 Å². The summed E-state index contributed by atoms with van der Waals surface area (Å²) in [6.45, 7) is 1.90. The highest BCUT2D eigenvalue weighted by atomic mass is 32.1. The number of nitriles is 1. The first-order chi connectivity index (χ1) is 9.28. The lowest BCUT2D eigenvalue weighted by Gasteiger charge is -2.08. The molecular formula is C14H10N4S. The van der Waals surface area contributed by atoms with Crippen molar-refractivity contribution in [2.24, 2.45) is 0 Å². The van der Waals surface area contributed by atoms with Crippen LogP contribution in [0.15, 0.2) is 36.0 Å². The Morgan fingerprint density at radius 3 is 3.00 bits per heavy atom. The number of benzene rings is 1. The number of aromatic nitrogens is 2. The fourth-order valence-corrected chi connectivity index (χ4v) is 2.58. The van der Waals surface area contributed by atoms with Crippen molar-refractivity contribution in [1.29, 1.82) is 5.26 Å². The number of nitrogens with zero attached hydrogens (tertiary/aromatic N) is 3. The van der Waals surface area contributed by atoms with Crippen molar-refractivity contribution in [3.8, 4) is 6.07 Å². The van der Waals surface area contributed by atoms with Crippen LogP contribution in [0.4, 0.5) is 11.5 Å². The molecule has 1 N–H and O–H groups in total. The van der Waals surface area contributed by atoms with Gasteiger partial charge in [0.1, 0.15) is 11.9 Å². The normalized spacial score (nSPS) is 10.3. The molecule has 0 saturated heterocycles. The van der Waals surface area contributed by atoms with Crippen molar-refractivity contribution in [2.45, 2.75) is 6.92 Å². The molecule has 5 heteroatoms. The Hall–Kier alpha value is -2.45. The molecule has 0 bridgehead atoms. The summed E-state index contributed by atoms with van der Waals surface area (Å²) in [5.41, 5.74) is 5.20. The van der Waals surface area contributed by atoms with Crippen LogP contribution in [-0.2, 0) is 0 Å². The molecule has 0 atom stereocenters. The van der Waals surface area contributed by atoms with Crippen molar-refractivity contribution < 1.29 is 0 Å². The minimum absolute atomic E-state index is 0.576. The minimum Gasteiger partial charge on any atom is -0.339 e. The van der Waals surface area contributed by atoms with Gasteiger partial charge in [0, 0.05) is 11.9 Å². The third kappa shape index (κ3) is 2.14. The van der Waals surface area contributed by atoms with Crippen molar-refractivity contribution in [1.82, 2.24) is 9.97 Å². The quantitative estimate of drug-likeness (QED) is 0.769. The zero-order chi connectivity index (χ0) is 13.2. The third-order valence-corrected chi connectivity index (χ3v) is 3.66. The van der Waals surface area contributed by atoms with E-state index in [9.17, 15) is 5.26 Å². The van der Waals surface area contributed by atoms with Gasteiger partial charge in [-0.05, 0) is 36.8 Å². The molecule has 2 aromatic heterocycles. The number of hydrogen-bond acceptors (Lipinski definition) is 5. The largest absolute Gasteiger partial charge is 0.339 e. The van der Waals surface area contributed by atoms with E-state index in [-0.39, 0.29) is 0 Å². The molecule has 0 unspecified atom stereocenters. The SMILES string of the molecule is Cc1ccnc(Nc2ccc3ncsc3c2)c1C#N. The summed E-state index contributed by atoms with van der Waals surface area (Å²) >= 11 is 1.59. The van der Waals surface area contributed by atoms with Crippen molar-refractivity contribution in [3.05, 3.63) is 47.1 Å². The van der Waals surface area contributed by atoms with Gasteiger partial charge in [0.25, 0.3) is 0 Å². The van der Waals surface area contributed by atoms with Gasteiger partial charge in [0.05, 0.1) is 21.3 Å². The maximum atomic E-state index is 9.18. The fourth-order valence-electron chi connectivity index (χ4n) is 1.86. The highest BCUT2D eigenvalue weighted by molar-refractivity contribution is 7.16. The van der Waals surface area contributed by atoms with Gasteiger partial charge in [0.15, 0.2) is 0 Å². The molecule has 0 radical (unpaired) electrons. The van der Waals surface area contributed by atoms with Gasteiger partial charge in [-0.25, -0.2) is 9.97 Å². The smallest absolute Gasteiger partial charge is 0.148 e. The second-order valence-electron chi connectivity index (χ2n) is 4.12. The number of thiazole rings is 1. The van der Waals surface area contributed by atoms with E-state index in [0.29, 0.717) is 11.4 Å². The zero-order valence-electron chi connectivity index (χ0n) is 10.2. The molecule has 4 nitrogen and oxygen atoms in total. The van der Waals surface area contributed by atoms with Crippen LogP contribution in [-0.4, -0.2) is 9.97 Å². The molecule has 92 valence electrons. The molecular weight excluding hydrogens is 256 g/mol. The van der Waals surface area contributed by atoms with Gasteiger partial charge in [0.2, 0.25) is 0 Å². The first kappa shape index (κ1) is 11.6. The fraction of sp³-hybridized carbons (Fsp3) is 0.0714. The van der Waals surface area contributed by atoms with E-state index in [1.807, 2.05) is 36.7 Å². The lowest BCUT2D eigenvalue weighted by Crippen LogP contribution is -1.98. The molecule has 0 saturated carbocycles. The summed E-state index contributed by atoms with van der Waals surface area (Å²) in [5, 5.41) is 12.4. The van der Waals surface area contributed by atoms with Gasteiger partial charge in [-0.15, -0.1) is 11.3 Å². The van der Waals surface area contributed by atoms with Gasteiger partial charge >= 0.3 is 0 Å². The summed E-state index contributed by atoms with van der Waals surface area (Å²) < 4.78 is 1.11. The second kappa shape index (κ2) is 4.67. The van der Waals surface area contributed by atoms with Crippen LogP contribution in [0, 0.1) is 18.3 Å². The van der Waals surface area contributed by atoms with E-state index < -0.39 is 0 Å². The van der Waals surface area contributed by atoms with Crippen LogP contribution in [0.25, 0.3) is 10.2 Å². The number of rotatable bonds is 2. The lowest BCUT2D eigenvalue weighted by atomic mass is 10.1. The summed E-state index contributed by atoms with van der Waals surface area (Å²) in [6, 6.07) is 9.92. The Balaban J connectivity index is 2.01. The average molecular weight is 266 g/mol. The van der Waals surface area contributed by atoms with E-state index in [1.54, 1.807) is 17.5 Å². The van der Waals surface area contributed by atoms with Crippen LogP contribution < -0.4 is 5.32 Å². The topological polar surface area (TPSA) is 61.6 Å². The van der Waals surface area contributed by atoms with Crippen molar-refractivity contribution >= 4 is 33.1 Å². The monoisotopic (exact) mass is 266 g/mol. The van der Waals surface area contributed by atoms with E-state index in [0.717, 1.165) is 21.5 Å². The van der Waals surface area contributed by atoms with Crippen LogP contribution in [0.2, 0.25) is 0 Å². The number of hydrogen-bond donors (Lipinski definition) is 1. The highest BCUT2D eigenvalue weighted by Crippen LogP contribution is 2.25. The number of aryl methyl sites for hydroxylation is 1. The Kier molecular flexibility index (Phi) is 2.86. The van der Waals surface area contributed by atoms with E-state index >= 15 is 0 Å². The second-order valence-corrected chi connectivity index (χ2v) is 5.01. The Bertz CT molecular complexity index is 785. The standard InChI is InChI=1S/C14H10N4S/c1-9-4-5-16-14(11(9)7-15)18-10-2-3-12-13(6-10)19-8-17-12/h2-6,8H,1H3,(H,16,18). The molecule has 2 heterocycles. The molecule has 0 aliphatic carbocycles. The predicted octanol–water partition coefficient (Wildman–Crippen LogP) is 3.62.